The Kier molecular flexibility index (Phi) is 7.97. The highest BCUT2D eigenvalue weighted by atomic mass is 35.5. The van der Waals surface area contributed by atoms with E-state index in [0.717, 1.165) is 5.56 Å². The van der Waals surface area contributed by atoms with Crippen molar-refractivity contribution in [1.82, 2.24) is 9.97 Å². The van der Waals surface area contributed by atoms with Gasteiger partial charge in [-0.15, -0.1) is 0 Å². The van der Waals surface area contributed by atoms with Crippen LogP contribution in [0.4, 0.5) is 11.5 Å². The number of anilines is 1. The fourth-order valence-electron chi connectivity index (χ4n) is 4.17. The van der Waals surface area contributed by atoms with Crippen LogP contribution >= 0.6 is 23.4 Å². The zero-order valence-electron chi connectivity index (χ0n) is 21.7. The van der Waals surface area contributed by atoms with Gasteiger partial charge in [-0.3, -0.25) is 0 Å². The second-order valence-corrected chi connectivity index (χ2v) is 10.8. The number of nitrogens with two attached hydrogens (primary N) is 1. The molecule has 2 aromatic heterocycles. The zero-order valence-corrected chi connectivity index (χ0v) is 23.3. The number of nitrogens with zero attached hydrogens (tertiary/aromatic N) is 4. The maximum absolute atomic E-state index is 10.1. The summed E-state index contributed by atoms with van der Waals surface area (Å²) in [6, 6.07) is 16.5. The molecule has 1 fully saturated rings. The number of thioether (sulfide) groups is 1. The zero-order chi connectivity index (χ0) is 28.3. The predicted octanol–water partition coefficient (Wildman–Crippen LogP) is 6.88. The molecule has 1 aliphatic heterocycles. The molecule has 202 valence electrons. The number of nitriles is 1. The van der Waals surface area contributed by atoms with Gasteiger partial charge in [0, 0.05) is 21.9 Å². The Hall–Kier alpha value is -4.06. The third kappa shape index (κ3) is 6.06. The molecule has 11 heteroatoms. The number of benzene rings is 2. The number of hydrogen-bond donors (Lipinski definition) is 1. The van der Waals surface area contributed by atoms with Gasteiger partial charge in [0.2, 0.25) is 11.6 Å². The molecule has 1 saturated heterocycles. The van der Waals surface area contributed by atoms with Gasteiger partial charge in [0.1, 0.15) is 41.6 Å². The molecule has 0 bridgehead atoms. The summed E-state index contributed by atoms with van der Waals surface area (Å²) in [5.74, 6) is 0.896. The Labute approximate surface area is 240 Å². The number of ether oxygens (including phenoxy) is 3. The third-order valence-electron chi connectivity index (χ3n) is 6.03. The highest BCUT2D eigenvalue weighted by molar-refractivity contribution is 7.98. The topological polar surface area (TPSA) is 121 Å². The lowest BCUT2D eigenvalue weighted by Crippen LogP contribution is -2.25. The van der Waals surface area contributed by atoms with Gasteiger partial charge in [-0.05, 0) is 55.8 Å². The largest absolute Gasteiger partial charge is 0.491 e. The standard InChI is InChI=1S/C29H24ClN5O4S/c1-29(2)38-15-22(39-29)14-36-21-10-6-17(7-11-21)24-23(12-31)28(35-26(32)25(24)33-3)40-16-20-13-37-27(34-20)18-4-8-19(30)9-5-18/h4-11,13,22H,14-16H2,1-2H3,(H2,32,35)/t22-/m1/s1. The van der Waals surface area contributed by atoms with Crippen LogP contribution in [0, 0.1) is 17.9 Å². The summed E-state index contributed by atoms with van der Waals surface area (Å²) >= 11 is 7.26. The molecule has 4 aromatic rings. The molecule has 5 rings (SSSR count). The molecule has 1 aliphatic rings. The van der Waals surface area contributed by atoms with Crippen molar-refractivity contribution in [2.45, 2.75) is 36.5 Å². The minimum absolute atomic E-state index is 0.0508. The summed E-state index contributed by atoms with van der Waals surface area (Å²) in [5.41, 5.74) is 9.11. The first-order chi connectivity index (χ1) is 19.3. The van der Waals surface area contributed by atoms with Crippen molar-refractivity contribution in [1.29, 1.82) is 5.26 Å². The van der Waals surface area contributed by atoms with Gasteiger partial charge in [0.15, 0.2) is 5.79 Å². The van der Waals surface area contributed by atoms with Crippen LogP contribution in [-0.2, 0) is 15.2 Å². The van der Waals surface area contributed by atoms with Crippen molar-refractivity contribution >= 4 is 34.9 Å². The summed E-state index contributed by atoms with van der Waals surface area (Å²) in [5, 5.41) is 11.1. The maximum Gasteiger partial charge on any atom is 0.236 e. The normalized spacial score (nSPS) is 15.9. The summed E-state index contributed by atoms with van der Waals surface area (Å²) in [4.78, 5) is 12.5. The lowest BCUT2D eigenvalue weighted by molar-refractivity contribution is -0.141. The molecule has 3 heterocycles. The van der Waals surface area contributed by atoms with Crippen LogP contribution < -0.4 is 10.5 Å². The van der Waals surface area contributed by atoms with Gasteiger partial charge >= 0.3 is 0 Å². The van der Waals surface area contributed by atoms with Crippen molar-refractivity contribution in [2.24, 2.45) is 0 Å². The van der Waals surface area contributed by atoms with Gasteiger partial charge in [-0.2, -0.15) is 5.26 Å². The Morgan fingerprint density at radius 3 is 2.55 bits per heavy atom. The summed E-state index contributed by atoms with van der Waals surface area (Å²) in [6.45, 7) is 12.2. The van der Waals surface area contributed by atoms with Crippen molar-refractivity contribution in [3.63, 3.8) is 0 Å². The number of rotatable bonds is 8. The van der Waals surface area contributed by atoms with Gasteiger partial charge in [-0.25, -0.2) is 14.8 Å². The SMILES string of the molecule is [C-]#[N+]c1c(N)nc(SCc2coc(-c3ccc(Cl)cc3)n2)c(C#N)c1-c1ccc(OC[C@@H]2COC(C)(C)O2)cc1. The van der Waals surface area contributed by atoms with Crippen LogP contribution in [0.15, 0.2) is 64.2 Å². The molecule has 0 amide bonds. The smallest absolute Gasteiger partial charge is 0.236 e. The number of pyridine rings is 1. The first kappa shape index (κ1) is 27.5. The number of oxazole rings is 1. The molecule has 0 saturated carbocycles. The maximum atomic E-state index is 10.1. The Bertz CT molecular complexity index is 1610. The van der Waals surface area contributed by atoms with Crippen molar-refractivity contribution in [2.75, 3.05) is 18.9 Å². The van der Waals surface area contributed by atoms with Crippen molar-refractivity contribution in [3.8, 4) is 34.4 Å². The molecule has 1 atom stereocenters. The molecule has 9 nitrogen and oxygen atoms in total. The second-order valence-electron chi connectivity index (χ2n) is 9.35. The van der Waals surface area contributed by atoms with E-state index in [1.165, 1.54) is 11.8 Å². The fraction of sp³-hybridized carbons (Fsp3) is 0.241. The van der Waals surface area contributed by atoms with E-state index < -0.39 is 5.79 Å². The van der Waals surface area contributed by atoms with Gasteiger partial charge < -0.3 is 24.4 Å². The Morgan fingerprint density at radius 2 is 1.90 bits per heavy atom. The van der Waals surface area contributed by atoms with Crippen LogP contribution in [-0.4, -0.2) is 35.1 Å². The summed E-state index contributed by atoms with van der Waals surface area (Å²) < 4.78 is 22.8. The first-order valence-corrected chi connectivity index (χ1v) is 13.6. The Balaban J connectivity index is 1.35. The van der Waals surface area contributed by atoms with E-state index >= 15 is 0 Å². The highest BCUT2D eigenvalue weighted by Gasteiger charge is 2.33. The lowest BCUT2D eigenvalue weighted by Gasteiger charge is -2.17. The van der Waals surface area contributed by atoms with Gasteiger partial charge in [-0.1, -0.05) is 35.5 Å². The molecule has 2 N–H and O–H groups in total. The molecular formula is C29H24ClN5O4S. The van der Waals surface area contributed by atoms with Crippen molar-refractivity contribution in [3.05, 3.63) is 82.5 Å². The predicted molar refractivity (Wildman–Crippen MR) is 152 cm³/mol. The monoisotopic (exact) mass is 573 g/mol. The Morgan fingerprint density at radius 1 is 1.18 bits per heavy atom. The number of nitrogen functional groups attached to an aromatic ring is 1. The third-order valence-corrected chi connectivity index (χ3v) is 7.30. The number of aromatic nitrogens is 2. The van der Waals surface area contributed by atoms with Gasteiger partial charge in [0.05, 0.1) is 24.4 Å². The van der Waals surface area contributed by atoms with Crippen LogP contribution in [0.25, 0.3) is 27.4 Å². The number of halogens is 1. The first-order valence-electron chi connectivity index (χ1n) is 12.3. The molecule has 0 unspecified atom stereocenters. The van der Waals surface area contributed by atoms with E-state index in [4.69, 9.17) is 42.5 Å². The second kappa shape index (κ2) is 11.6. The van der Waals surface area contributed by atoms with Crippen LogP contribution in [0.5, 0.6) is 5.75 Å². The minimum atomic E-state index is -0.620. The molecular weight excluding hydrogens is 550 g/mol. The molecule has 0 aliphatic carbocycles. The number of hydrogen-bond acceptors (Lipinski definition) is 9. The quantitative estimate of drug-likeness (QED) is 0.177. The average Bonchev–Trinajstić information content (AvgIpc) is 3.56. The van der Waals surface area contributed by atoms with Crippen molar-refractivity contribution < 1.29 is 18.6 Å². The van der Waals surface area contributed by atoms with E-state index in [1.54, 1.807) is 42.7 Å². The summed E-state index contributed by atoms with van der Waals surface area (Å²) in [6.07, 6.45) is 1.39. The fourth-order valence-corrected chi connectivity index (χ4v) is 5.16. The summed E-state index contributed by atoms with van der Waals surface area (Å²) in [7, 11) is 0. The van der Waals surface area contributed by atoms with Crippen LogP contribution in [0.2, 0.25) is 5.02 Å². The van der Waals surface area contributed by atoms with E-state index in [2.05, 4.69) is 20.9 Å². The molecule has 40 heavy (non-hydrogen) atoms. The molecule has 0 radical (unpaired) electrons. The average molecular weight is 574 g/mol. The highest BCUT2D eigenvalue weighted by Crippen LogP contribution is 2.42. The van der Waals surface area contributed by atoms with E-state index in [0.29, 0.717) is 57.5 Å². The van der Waals surface area contributed by atoms with Crippen LogP contribution in [0.3, 0.4) is 0 Å². The minimum Gasteiger partial charge on any atom is -0.491 e. The van der Waals surface area contributed by atoms with E-state index in [-0.39, 0.29) is 23.2 Å². The van der Waals surface area contributed by atoms with E-state index in [1.807, 2.05) is 26.0 Å². The molecule has 0 spiro atoms. The molecule has 2 aromatic carbocycles. The van der Waals surface area contributed by atoms with E-state index in [9.17, 15) is 5.26 Å². The van der Waals surface area contributed by atoms with Gasteiger partial charge in [0.25, 0.3) is 0 Å². The van der Waals surface area contributed by atoms with Crippen LogP contribution in [0.1, 0.15) is 25.1 Å². The lowest BCUT2D eigenvalue weighted by atomic mass is 10.00.